The molecule has 12 aromatic heterocycles. The molecule has 0 aliphatic rings. The first-order valence-corrected chi connectivity index (χ1v) is 48.4. The van der Waals surface area contributed by atoms with Crippen LogP contribution in [0.3, 0.4) is 0 Å². The molecule has 4 radical (unpaired) electrons. The van der Waals surface area contributed by atoms with Gasteiger partial charge in [-0.05, 0) is 213 Å². The molecule has 0 amide bonds. The normalized spacial score (nSPS) is 10.5. The topological polar surface area (TPSA) is 288 Å². The van der Waals surface area contributed by atoms with E-state index in [1.54, 1.807) is 57.0 Å². The van der Waals surface area contributed by atoms with Crippen molar-refractivity contribution < 1.29 is 80.4 Å². The molecule has 9 aromatic carbocycles. The quantitative estimate of drug-likeness (QED) is 0.0721. The molecule has 0 saturated carbocycles. The maximum absolute atomic E-state index is 4.56. The largest absolute Gasteiger partial charge is 0.573 e. The minimum Gasteiger partial charge on any atom is -0.573 e. The zero-order valence-corrected chi connectivity index (χ0v) is 95.7. The molecule has 26 heteroatoms. The predicted octanol–water partition coefficient (Wildman–Crippen LogP) is 26.5. The summed E-state index contributed by atoms with van der Waals surface area (Å²) in [5.74, 6) is 3.31. The number of benzene rings is 9. The first-order valence-electron chi connectivity index (χ1n) is 48.4. The average molecular weight is 2670 g/mol. The van der Waals surface area contributed by atoms with Crippen molar-refractivity contribution >= 4 is 0 Å². The monoisotopic (exact) mass is 2670 g/mol. The molecule has 0 unspecified atom stereocenters. The zero-order valence-electron chi connectivity index (χ0n) is 86.1. The van der Waals surface area contributed by atoms with Crippen LogP contribution in [0.5, 0.6) is 0 Å². The number of aromatic nitrogens is 22. The first-order chi connectivity index (χ1) is 70.4. The van der Waals surface area contributed by atoms with Crippen molar-refractivity contribution in [3.05, 3.63) is 446 Å². The van der Waals surface area contributed by atoms with Crippen LogP contribution >= 0.6 is 0 Å². The molecule has 0 spiro atoms. The number of hydrogen-bond acceptors (Lipinski definition) is 18. The molecule has 0 bridgehead atoms. The number of pyridine rings is 4. The van der Waals surface area contributed by atoms with Crippen molar-refractivity contribution in [3.8, 4) is 147 Å². The van der Waals surface area contributed by atoms with Crippen molar-refractivity contribution in [2.24, 2.45) is 5.92 Å². The smallest absolute Gasteiger partial charge is 0.106 e. The SMILES string of the molecule is CC(C)(C)c1cc(-c2ccccn2)[n-]n1.CC(C)(C)c1n[n-]c(-c2ccccn2)n1.CCc1cccc(CC)c1-c1cc(-c2[c-]cccc2)ncn1.Cc1ccc(C)c(-c2cc(-c3[c-]cccc3)ncn2)c1.Cc1cccc(C)c1-c1cc(-c2[c-]cccc2)ncn1.Cc1cccc(CCC(C)C)c1-c1cc(-c2[c-]cccc2)ncn1.Cc1n[n-]c(-c2ccccn2)n1.[Ir].[Ir].[Ir].[Ir].c1ccc(-c2cc(-c3ccccn3)[n-]n2)cc1. The summed E-state index contributed by atoms with van der Waals surface area (Å²) in [6, 6.07) is 115. The summed E-state index contributed by atoms with van der Waals surface area (Å²) >= 11 is 0. The number of rotatable bonds is 18. The van der Waals surface area contributed by atoms with E-state index in [4.69, 9.17) is 0 Å². The van der Waals surface area contributed by atoms with Crippen LogP contribution in [0.25, 0.3) is 147 Å². The van der Waals surface area contributed by atoms with Crippen LogP contribution in [0.15, 0.2) is 359 Å². The summed E-state index contributed by atoms with van der Waals surface area (Å²) in [6.45, 7) is 33.8. The maximum Gasteiger partial charge on any atom is 0.106 e. The molecule has 0 fully saturated rings. The van der Waals surface area contributed by atoms with Gasteiger partial charge in [0.15, 0.2) is 0 Å². The third kappa shape index (κ3) is 33.6. The van der Waals surface area contributed by atoms with Gasteiger partial charge in [0.2, 0.25) is 0 Å². The van der Waals surface area contributed by atoms with Crippen molar-refractivity contribution in [3.63, 3.8) is 0 Å². The molecular formula is C123H116Ir4N22-8. The van der Waals surface area contributed by atoms with Crippen molar-refractivity contribution in [1.29, 1.82) is 0 Å². The van der Waals surface area contributed by atoms with E-state index in [0.717, 1.165) is 150 Å². The summed E-state index contributed by atoms with van der Waals surface area (Å²) in [5.41, 5.74) is 34.4. The van der Waals surface area contributed by atoms with Crippen LogP contribution in [0.2, 0.25) is 0 Å². The number of hydrogen-bond donors (Lipinski definition) is 0. The van der Waals surface area contributed by atoms with Crippen LogP contribution in [0.1, 0.15) is 138 Å². The summed E-state index contributed by atoms with van der Waals surface area (Å²) in [6.07, 6.45) is 17.8. The van der Waals surface area contributed by atoms with E-state index in [9.17, 15) is 0 Å². The number of nitrogens with zero attached hydrogens (tertiary/aromatic N) is 22. The molecule has 12 heterocycles. The Hall–Kier alpha value is -14.8. The molecule has 21 aromatic rings. The van der Waals surface area contributed by atoms with Crippen molar-refractivity contribution in [2.45, 2.75) is 147 Å². The van der Waals surface area contributed by atoms with Crippen LogP contribution in [0.4, 0.5) is 0 Å². The molecule has 0 saturated heterocycles. The van der Waals surface area contributed by atoms with Gasteiger partial charge in [0.25, 0.3) is 0 Å². The van der Waals surface area contributed by atoms with E-state index in [1.165, 1.54) is 67.6 Å². The van der Waals surface area contributed by atoms with E-state index in [-0.39, 0.29) is 91.3 Å². The van der Waals surface area contributed by atoms with Gasteiger partial charge >= 0.3 is 0 Å². The van der Waals surface area contributed by atoms with Gasteiger partial charge in [-0.15, -0.1) is 144 Å². The minimum absolute atomic E-state index is 0. The van der Waals surface area contributed by atoms with Gasteiger partial charge in [0, 0.05) is 173 Å². The second-order valence-corrected chi connectivity index (χ2v) is 36.6. The molecule has 21 rings (SSSR count). The van der Waals surface area contributed by atoms with Gasteiger partial charge in [0.05, 0.1) is 34.2 Å². The molecule has 762 valence electrons. The molecular weight excluding hydrogens is 2550 g/mol. The Morgan fingerprint density at radius 1 is 0.289 bits per heavy atom. The van der Waals surface area contributed by atoms with E-state index in [1.807, 2.05) is 224 Å². The van der Waals surface area contributed by atoms with Gasteiger partial charge in [-0.2, -0.15) is 0 Å². The third-order valence-corrected chi connectivity index (χ3v) is 23.1. The standard InChI is InChI=1S/C22H23N2.C20H19N2.2C18H15N2.C14H10N3.C12H14N3.C11H13N4.C8H7N4.4Ir/c1-16(2)12-13-19-11-7-8-17(3)22(19)21-14-20(23-15-24-21)18-9-5-4-6-10-18;1-3-15-11-8-12-16(4-2)20(15)19-13-18(21-14-22-19)17-9-6-5-7-10-17;1-13-7-6-8-14(2)18(13)17-11-16(19-12-20-17)15-9-4-3-5-10-15;1-13-8-9-14(2)16(10-13)18-11-17(19-12-20-18)15-6-4-3-5-7-15;1-2-6-11(7-3-1)13-10-14(17-16-13)12-8-4-5-9-15-12;1-12(2,3)11-8-10(14-15-11)9-6-4-5-7-13-9;1-11(2,3)10-13-9(14-15-10)8-6-4-5-7-12-8;1-6-10-8(12-11-6)7-4-2-3-5-9-7;;;;/h4-9,11,14-16H,12-13H2,1-3H3;5-9,11-14H,3-4H2,1-2H3;3-9,11-12H,1-2H3;3-6,8-12H,1-2H3;1-10H;4-8H,1-3H3;4-7H,1-3H3;2-5H,1H3;;;;/q8*-1;;;;. The van der Waals surface area contributed by atoms with E-state index in [0.29, 0.717) is 23.4 Å². The molecule has 0 aliphatic carbocycles. The van der Waals surface area contributed by atoms with Crippen LogP contribution in [-0.4, -0.2) is 90.2 Å². The van der Waals surface area contributed by atoms with E-state index in [2.05, 4.69) is 324 Å². The zero-order chi connectivity index (χ0) is 102. The van der Waals surface area contributed by atoms with Gasteiger partial charge in [-0.25, -0.2) is 19.9 Å². The Morgan fingerprint density at radius 2 is 0.678 bits per heavy atom. The Bertz CT molecular complexity index is 7400. The fourth-order valence-electron chi connectivity index (χ4n) is 15.4. The Kier molecular flexibility index (Phi) is 45.3. The average Bonchev–Trinajstić information content (AvgIpc) is 1.62. The second kappa shape index (κ2) is 58.1. The van der Waals surface area contributed by atoms with Crippen molar-refractivity contribution in [2.75, 3.05) is 0 Å². The van der Waals surface area contributed by atoms with E-state index < -0.39 is 0 Å². The van der Waals surface area contributed by atoms with Gasteiger partial charge in [0.1, 0.15) is 25.3 Å². The van der Waals surface area contributed by atoms with Crippen LogP contribution in [-0.2, 0) is 111 Å². The third-order valence-electron chi connectivity index (χ3n) is 23.1. The Balaban J connectivity index is 0.000000175. The first kappa shape index (κ1) is 116. The second-order valence-electron chi connectivity index (χ2n) is 36.6. The maximum atomic E-state index is 4.56. The summed E-state index contributed by atoms with van der Waals surface area (Å²) in [5, 5.41) is 32.4. The summed E-state index contributed by atoms with van der Waals surface area (Å²) in [7, 11) is 0. The fraction of sp³-hybridized carbons (Fsp3) is 0.187. The molecule has 0 atom stereocenters. The molecule has 0 aliphatic heterocycles. The Morgan fingerprint density at radius 3 is 1.09 bits per heavy atom. The van der Waals surface area contributed by atoms with Gasteiger partial charge < -0.3 is 40.6 Å². The van der Waals surface area contributed by atoms with Crippen molar-refractivity contribution in [1.82, 2.24) is 111 Å². The minimum atomic E-state index is -0.0694. The molecule has 0 N–H and O–H groups in total. The molecule has 149 heavy (non-hydrogen) atoms. The van der Waals surface area contributed by atoms with Gasteiger partial charge in [-0.3, -0.25) is 50.1 Å². The predicted molar refractivity (Wildman–Crippen MR) is 579 cm³/mol. The summed E-state index contributed by atoms with van der Waals surface area (Å²) < 4.78 is 0. The van der Waals surface area contributed by atoms with Crippen LogP contribution in [0, 0.1) is 71.7 Å². The molecule has 22 nitrogen and oxygen atoms in total. The fourth-order valence-corrected chi connectivity index (χ4v) is 15.4. The van der Waals surface area contributed by atoms with E-state index >= 15 is 0 Å². The number of aryl methyl sites for hydroxylation is 9. The van der Waals surface area contributed by atoms with Crippen LogP contribution < -0.4 is 20.4 Å². The van der Waals surface area contributed by atoms with Gasteiger partial charge in [-0.1, -0.05) is 238 Å². The Labute approximate surface area is 929 Å². The summed E-state index contributed by atoms with van der Waals surface area (Å²) in [4.78, 5) is 60.7.